The Labute approximate surface area is 335 Å². The molecule has 0 saturated heterocycles. The highest BCUT2D eigenvalue weighted by Crippen LogP contribution is 2.61. The number of nitrogens with zero attached hydrogens (tertiary/aromatic N) is 4. The van der Waals surface area contributed by atoms with Crippen LogP contribution in [0.3, 0.4) is 0 Å². The fourth-order valence-corrected chi connectivity index (χ4v) is 11.6. The van der Waals surface area contributed by atoms with Crippen LogP contribution < -0.4 is 0 Å². The Morgan fingerprint density at radius 3 is 1.72 bits per heavy atom. The lowest BCUT2D eigenvalue weighted by Gasteiger charge is -2.57. The lowest BCUT2D eigenvalue weighted by Crippen LogP contribution is -2.48. The van der Waals surface area contributed by atoms with Gasteiger partial charge in [0.2, 0.25) is 0 Å². The topological polar surface area (TPSA) is 62.5 Å². The number of hydrogen-bond acceptors (Lipinski definition) is 4. The van der Waals surface area contributed by atoms with E-state index in [2.05, 4.69) is 135 Å². The van der Waals surface area contributed by atoms with Crippen LogP contribution in [0.5, 0.6) is 0 Å². The molecule has 7 aromatic rings. The van der Waals surface area contributed by atoms with E-state index in [-0.39, 0.29) is 5.41 Å². The summed E-state index contributed by atoms with van der Waals surface area (Å²) in [6, 6.07) is 51.8. The molecule has 1 aromatic heterocycles. The minimum absolute atomic E-state index is 0.142. The van der Waals surface area contributed by atoms with E-state index < -0.39 is 0 Å². The van der Waals surface area contributed by atoms with Gasteiger partial charge in [-0.2, -0.15) is 5.26 Å². The van der Waals surface area contributed by atoms with Gasteiger partial charge in [-0.05, 0) is 136 Å². The molecule has 0 aliphatic heterocycles. The highest BCUT2D eigenvalue weighted by molar-refractivity contribution is 5.87. The number of aromatic nitrogens is 3. The number of rotatable bonds is 6. The summed E-state index contributed by atoms with van der Waals surface area (Å²) in [6.45, 7) is 4.63. The van der Waals surface area contributed by atoms with Crippen LogP contribution in [-0.2, 0) is 10.8 Å². The van der Waals surface area contributed by atoms with Crippen LogP contribution >= 0.6 is 0 Å². The average Bonchev–Trinajstić information content (AvgIpc) is 3.48. The number of benzene rings is 6. The fraction of sp³-hybridized carbons (Fsp3) is 0.245. The Hall–Kier alpha value is -6.18. The van der Waals surface area contributed by atoms with Crippen molar-refractivity contribution in [1.29, 1.82) is 5.26 Å². The summed E-state index contributed by atoms with van der Waals surface area (Å²) in [7, 11) is 0. The molecule has 0 unspecified atom stereocenters. The van der Waals surface area contributed by atoms with Gasteiger partial charge >= 0.3 is 0 Å². The minimum atomic E-state index is -0.142. The predicted octanol–water partition coefficient (Wildman–Crippen LogP) is 12.9. The van der Waals surface area contributed by atoms with Gasteiger partial charge in [0.05, 0.1) is 11.6 Å². The van der Waals surface area contributed by atoms with E-state index in [0.29, 0.717) is 28.5 Å². The first-order valence-electron chi connectivity index (χ1n) is 20.7. The zero-order valence-electron chi connectivity index (χ0n) is 32.5. The van der Waals surface area contributed by atoms with Crippen LogP contribution in [-0.4, -0.2) is 15.0 Å². The Morgan fingerprint density at radius 2 is 1.04 bits per heavy atom. The minimum Gasteiger partial charge on any atom is -0.208 e. The monoisotopic (exact) mass is 736 g/mol. The van der Waals surface area contributed by atoms with Gasteiger partial charge in [-0.1, -0.05) is 129 Å². The summed E-state index contributed by atoms with van der Waals surface area (Å²) >= 11 is 0. The molecule has 12 rings (SSSR count). The molecule has 4 saturated carbocycles. The summed E-state index contributed by atoms with van der Waals surface area (Å²) in [6.07, 6.45) is 8.36. The second-order valence-corrected chi connectivity index (χ2v) is 17.8. The van der Waals surface area contributed by atoms with Crippen molar-refractivity contribution in [3.63, 3.8) is 0 Å². The summed E-state index contributed by atoms with van der Waals surface area (Å²) in [5.41, 5.74) is 14.7. The van der Waals surface area contributed by atoms with Gasteiger partial charge in [-0.3, -0.25) is 0 Å². The SMILES string of the molecule is CC1(C)c2ccccc2-c2ccc(-c3nc(-c4ccc(C56CC7CC(CC(C7)C5)C6)cc4)nc(-c4ccc(-c5cccc(C#N)c5)c(-c5ccccc5)c4)n3)cc21. The normalized spacial score (nSPS) is 22.2. The molecule has 0 radical (unpaired) electrons. The quantitative estimate of drug-likeness (QED) is 0.171. The summed E-state index contributed by atoms with van der Waals surface area (Å²) in [5, 5.41) is 9.71. The van der Waals surface area contributed by atoms with E-state index in [4.69, 9.17) is 15.0 Å². The molecule has 6 aromatic carbocycles. The van der Waals surface area contributed by atoms with Crippen LogP contribution in [0.4, 0.5) is 0 Å². The van der Waals surface area contributed by atoms with Crippen LogP contribution in [0, 0.1) is 29.1 Å². The fourth-order valence-electron chi connectivity index (χ4n) is 11.6. The van der Waals surface area contributed by atoms with Crippen molar-refractivity contribution in [2.45, 2.75) is 63.2 Å². The molecule has 0 atom stereocenters. The molecule has 4 bridgehead atoms. The molecule has 276 valence electrons. The summed E-state index contributed by atoms with van der Waals surface area (Å²) in [4.78, 5) is 15.8. The highest BCUT2D eigenvalue weighted by Gasteiger charge is 2.51. The molecule has 5 aliphatic rings. The zero-order chi connectivity index (χ0) is 38.3. The molecule has 0 N–H and O–H groups in total. The van der Waals surface area contributed by atoms with Gasteiger partial charge in [0.25, 0.3) is 0 Å². The van der Waals surface area contributed by atoms with Crippen LogP contribution in [0.25, 0.3) is 67.5 Å². The van der Waals surface area contributed by atoms with E-state index in [0.717, 1.165) is 56.7 Å². The first kappa shape index (κ1) is 34.1. The molecule has 4 nitrogen and oxygen atoms in total. The zero-order valence-corrected chi connectivity index (χ0v) is 32.5. The second kappa shape index (κ2) is 12.9. The standard InChI is InChI=1S/C53H44N4/c1-52(2)47-14-7-6-13-44(47)45-22-18-41(28-48(45)52)51-56-49(38-15-19-42(20-16-38)53-29-34-23-35(30-53)25-36(24-34)31-53)55-50(57-51)40-17-21-43(39-12-8-9-33(26-39)32-54)46(27-40)37-10-4-3-5-11-37/h3-22,26-28,34-36H,23-25,29-31H2,1-2H3. The number of fused-ring (bicyclic) bond motifs is 3. The number of hydrogen-bond donors (Lipinski definition) is 0. The van der Waals surface area contributed by atoms with E-state index in [1.54, 1.807) is 0 Å². The van der Waals surface area contributed by atoms with Crippen molar-refractivity contribution in [2.24, 2.45) is 17.8 Å². The molecule has 4 heteroatoms. The van der Waals surface area contributed by atoms with E-state index in [1.165, 1.54) is 66.3 Å². The first-order chi connectivity index (χ1) is 27.8. The van der Waals surface area contributed by atoms with Crippen LogP contribution in [0.1, 0.15) is 74.6 Å². The van der Waals surface area contributed by atoms with Crippen molar-refractivity contribution in [2.75, 3.05) is 0 Å². The second-order valence-electron chi connectivity index (χ2n) is 17.8. The van der Waals surface area contributed by atoms with E-state index >= 15 is 0 Å². The Kier molecular flexibility index (Phi) is 7.74. The summed E-state index contributed by atoms with van der Waals surface area (Å²) < 4.78 is 0. The van der Waals surface area contributed by atoms with Crippen LogP contribution in [0.2, 0.25) is 0 Å². The molecule has 0 spiro atoms. The Balaban J connectivity index is 1.05. The van der Waals surface area contributed by atoms with Crippen molar-refractivity contribution in [1.82, 2.24) is 15.0 Å². The molecular weight excluding hydrogens is 693 g/mol. The third-order valence-corrected chi connectivity index (χ3v) is 13.9. The highest BCUT2D eigenvalue weighted by atomic mass is 15.0. The molecular formula is C53H44N4. The first-order valence-corrected chi connectivity index (χ1v) is 20.7. The molecule has 1 heterocycles. The van der Waals surface area contributed by atoms with E-state index in [9.17, 15) is 5.26 Å². The van der Waals surface area contributed by atoms with Crippen molar-refractivity contribution < 1.29 is 0 Å². The summed E-state index contributed by atoms with van der Waals surface area (Å²) in [5.74, 6) is 4.69. The van der Waals surface area contributed by atoms with Crippen molar-refractivity contribution >= 4 is 0 Å². The van der Waals surface area contributed by atoms with Gasteiger partial charge in [0, 0.05) is 22.1 Å². The van der Waals surface area contributed by atoms with E-state index in [1.807, 2.05) is 24.3 Å². The maximum atomic E-state index is 9.71. The molecule has 5 aliphatic carbocycles. The van der Waals surface area contributed by atoms with Crippen LogP contribution in [0.15, 0.2) is 140 Å². The average molecular weight is 737 g/mol. The van der Waals surface area contributed by atoms with Gasteiger partial charge in [0.1, 0.15) is 0 Å². The smallest absolute Gasteiger partial charge is 0.164 e. The Morgan fingerprint density at radius 1 is 0.474 bits per heavy atom. The van der Waals surface area contributed by atoms with Gasteiger partial charge in [0.15, 0.2) is 17.5 Å². The molecule has 57 heavy (non-hydrogen) atoms. The van der Waals surface area contributed by atoms with Gasteiger partial charge < -0.3 is 0 Å². The molecule has 0 amide bonds. The van der Waals surface area contributed by atoms with Gasteiger partial charge in [-0.25, -0.2) is 15.0 Å². The van der Waals surface area contributed by atoms with Crippen molar-refractivity contribution in [3.8, 4) is 73.6 Å². The third kappa shape index (κ3) is 5.66. The maximum Gasteiger partial charge on any atom is 0.164 e. The molecule has 4 fully saturated rings. The Bertz CT molecular complexity index is 2720. The third-order valence-electron chi connectivity index (χ3n) is 13.9. The number of nitriles is 1. The van der Waals surface area contributed by atoms with Crippen molar-refractivity contribution in [3.05, 3.63) is 162 Å². The lowest BCUT2D eigenvalue weighted by molar-refractivity contribution is -0.00518. The largest absolute Gasteiger partial charge is 0.208 e. The maximum absolute atomic E-state index is 9.71. The van der Waals surface area contributed by atoms with Gasteiger partial charge in [-0.15, -0.1) is 0 Å². The predicted molar refractivity (Wildman–Crippen MR) is 229 cm³/mol. The lowest BCUT2D eigenvalue weighted by atomic mass is 9.48.